The van der Waals surface area contributed by atoms with E-state index in [1.54, 1.807) is 0 Å². The molecule has 0 radical (unpaired) electrons. The zero-order chi connectivity index (χ0) is 15.3. The number of hydrogen-bond acceptors (Lipinski definition) is 2. The minimum atomic E-state index is -0.729. The van der Waals surface area contributed by atoms with Crippen LogP contribution in [-0.2, 0) is 4.79 Å². The van der Waals surface area contributed by atoms with E-state index in [2.05, 4.69) is 13.8 Å². The number of carbonyl (C=O) groups excluding carboxylic acids is 1. The van der Waals surface area contributed by atoms with Crippen LogP contribution >= 0.6 is 0 Å². The lowest BCUT2D eigenvalue weighted by atomic mass is 9.47. The van der Waals surface area contributed by atoms with Crippen LogP contribution in [0.3, 0.4) is 0 Å². The van der Waals surface area contributed by atoms with Crippen LogP contribution in [0, 0.1) is 40.4 Å². The van der Waals surface area contributed by atoms with Gasteiger partial charge in [-0.15, -0.1) is 0 Å². The molecule has 0 saturated heterocycles. The van der Waals surface area contributed by atoms with E-state index in [-0.39, 0.29) is 5.78 Å². The summed E-state index contributed by atoms with van der Waals surface area (Å²) in [5.41, 5.74) is 2.60. The van der Waals surface area contributed by atoms with Crippen LogP contribution in [0.4, 0.5) is 0 Å². The number of aliphatic hydroxyl groups excluding tert-OH is 1. The maximum atomic E-state index is 11.9. The van der Waals surface area contributed by atoms with Crippen molar-refractivity contribution < 1.29 is 9.90 Å². The Bertz CT molecular complexity index is 578. The van der Waals surface area contributed by atoms with Crippen molar-refractivity contribution in [2.75, 3.05) is 0 Å². The van der Waals surface area contributed by atoms with Gasteiger partial charge in [0.1, 0.15) is 6.10 Å². The highest BCUT2D eigenvalue weighted by molar-refractivity contribution is 5.95. The summed E-state index contributed by atoms with van der Waals surface area (Å²) >= 11 is 0. The first-order valence-electron chi connectivity index (χ1n) is 9.39. The second-order valence-electron chi connectivity index (χ2n) is 9.43. The molecule has 8 atom stereocenters. The van der Waals surface area contributed by atoms with Gasteiger partial charge in [0.15, 0.2) is 5.78 Å². The number of fused-ring (bicyclic) bond motifs is 3. The van der Waals surface area contributed by atoms with Gasteiger partial charge in [-0.1, -0.05) is 19.4 Å². The number of rotatable bonds is 0. The molecule has 1 spiro atoms. The Kier molecular flexibility index (Phi) is 2.54. The molecule has 4 fully saturated rings. The molecule has 0 bridgehead atoms. The van der Waals surface area contributed by atoms with Crippen LogP contribution < -0.4 is 0 Å². The van der Waals surface area contributed by atoms with E-state index in [1.807, 2.05) is 6.08 Å². The lowest BCUT2D eigenvalue weighted by Gasteiger charge is -2.57. The van der Waals surface area contributed by atoms with E-state index in [0.717, 1.165) is 30.1 Å². The van der Waals surface area contributed by atoms with Crippen molar-refractivity contribution in [3.8, 4) is 0 Å². The molecule has 0 aromatic rings. The Labute approximate surface area is 133 Å². The van der Waals surface area contributed by atoms with Crippen LogP contribution in [0.2, 0.25) is 0 Å². The highest BCUT2D eigenvalue weighted by Crippen LogP contribution is 2.82. The topological polar surface area (TPSA) is 37.3 Å². The number of hydrogen-bond donors (Lipinski definition) is 1. The van der Waals surface area contributed by atoms with Gasteiger partial charge in [-0.25, -0.2) is 0 Å². The van der Waals surface area contributed by atoms with Crippen LogP contribution in [0.15, 0.2) is 11.6 Å². The second kappa shape index (κ2) is 4.06. The number of allylic oxidation sites excluding steroid dienone is 1. The number of ketones is 1. The molecule has 5 aliphatic rings. The van der Waals surface area contributed by atoms with Gasteiger partial charge in [0.25, 0.3) is 0 Å². The molecule has 2 heteroatoms. The summed E-state index contributed by atoms with van der Waals surface area (Å²) in [6.45, 7) is 5.02. The predicted molar refractivity (Wildman–Crippen MR) is 85.1 cm³/mol. The molecule has 120 valence electrons. The van der Waals surface area contributed by atoms with E-state index < -0.39 is 6.10 Å². The van der Waals surface area contributed by atoms with Crippen molar-refractivity contribution in [3.05, 3.63) is 11.6 Å². The lowest BCUT2D eigenvalue weighted by Crippen LogP contribution is -2.51. The van der Waals surface area contributed by atoms with Crippen molar-refractivity contribution in [1.29, 1.82) is 0 Å². The summed E-state index contributed by atoms with van der Waals surface area (Å²) in [6, 6.07) is 0. The molecule has 1 N–H and O–H groups in total. The van der Waals surface area contributed by atoms with E-state index >= 15 is 0 Å². The van der Waals surface area contributed by atoms with Gasteiger partial charge in [-0.2, -0.15) is 0 Å². The Hall–Kier alpha value is -0.630. The van der Waals surface area contributed by atoms with Crippen LogP contribution in [0.1, 0.15) is 58.8 Å². The third kappa shape index (κ3) is 1.44. The molecule has 0 heterocycles. The van der Waals surface area contributed by atoms with E-state index in [1.165, 1.54) is 37.7 Å². The SMILES string of the molecule is C[C@@H]1CC2=CC(=O)C(O)C[C@@H]2[C@H]2CC[C@]3(C)CC[C@@H]4C[C@@]43[C@@H]21. The minimum Gasteiger partial charge on any atom is -0.385 e. The van der Waals surface area contributed by atoms with E-state index in [0.29, 0.717) is 23.2 Å². The first kappa shape index (κ1) is 13.8. The number of carbonyl (C=O) groups is 1. The van der Waals surface area contributed by atoms with Gasteiger partial charge < -0.3 is 5.11 Å². The molecule has 5 rings (SSSR count). The molecule has 0 aliphatic heterocycles. The van der Waals surface area contributed by atoms with Crippen molar-refractivity contribution in [2.45, 2.75) is 64.9 Å². The fourth-order valence-electron chi connectivity index (χ4n) is 7.82. The molecular weight excluding hydrogens is 272 g/mol. The van der Waals surface area contributed by atoms with Gasteiger partial charge >= 0.3 is 0 Å². The lowest BCUT2D eigenvalue weighted by molar-refractivity contribution is -0.126. The van der Waals surface area contributed by atoms with Crippen molar-refractivity contribution in [3.63, 3.8) is 0 Å². The van der Waals surface area contributed by atoms with Gasteiger partial charge in [0, 0.05) is 0 Å². The summed E-state index contributed by atoms with van der Waals surface area (Å²) in [7, 11) is 0. The Morgan fingerprint density at radius 1 is 1.27 bits per heavy atom. The zero-order valence-corrected chi connectivity index (χ0v) is 13.8. The van der Waals surface area contributed by atoms with Crippen LogP contribution in [0.5, 0.6) is 0 Å². The van der Waals surface area contributed by atoms with Crippen LogP contribution in [-0.4, -0.2) is 17.0 Å². The molecule has 4 saturated carbocycles. The summed E-state index contributed by atoms with van der Waals surface area (Å²) in [5.74, 6) is 3.75. The zero-order valence-electron chi connectivity index (χ0n) is 13.8. The van der Waals surface area contributed by atoms with E-state index in [9.17, 15) is 9.90 Å². The average molecular weight is 300 g/mol. The van der Waals surface area contributed by atoms with Gasteiger partial charge in [0.05, 0.1) is 0 Å². The van der Waals surface area contributed by atoms with Crippen molar-refractivity contribution in [2.24, 2.45) is 40.4 Å². The van der Waals surface area contributed by atoms with Crippen molar-refractivity contribution in [1.82, 2.24) is 0 Å². The smallest absolute Gasteiger partial charge is 0.184 e. The quantitative estimate of drug-likeness (QED) is 0.740. The second-order valence-corrected chi connectivity index (χ2v) is 9.43. The first-order valence-corrected chi connectivity index (χ1v) is 9.39. The summed E-state index contributed by atoms with van der Waals surface area (Å²) in [6.07, 6.45) is 9.98. The molecule has 0 aromatic carbocycles. The average Bonchev–Trinajstić information content (AvgIpc) is 3.12. The summed E-state index contributed by atoms with van der Waals surface area (Å²) in [4.78, 5) is 11.9. The summed E-state index contributed by atoms with van der Waals surface area (Å²) < 4.78 is 0. The Morgan fingerprint density at radius 3 is 2.82 bits per heavy atom. The highest BCUT2D eigenvalue weighted by Gasteiger charge is 2.74. The minimum absolute atomic E-state index is 0.0409. The highest BCUT2D eigenvalue weighted by atomic mass is 16.3. The number of aliphatic hydroxyl groups is 1. The normalized spacial score (nSPS) is 59.0. The maximum Gasteiger partial charge on any atom is 0.184 e. The molecule has 5 aliphatic carbocycles. The van der Waals surface area contributed by atoms with Crippen LogP contribution in [0.25, 0.3) is 0 Å². The molecular formula is C20H28O2. The molecule has 22 heavy (non-hydrogen) atoms. The third-order valence-electron chi connectivity index (χ3n) is 8.70. The molecule has 2 nitrogen and oxygen atoms in total. The van der Waals surface area contributed by atoms with Gasteiger partial charge in [0.2, 0.25) is 0 Å². The summed E-state index contributed by atoms with van der Waals surface area (Å²) in [5, 5.41) is 10.1. The fourth-order valence-corrected chi connectivity index (χ4v) is 7.82. The predicted octanol–water partition coefficient (Wildman–Crippen LogP) is 3.74. The monoisotopic (exact) mass is 300 g/mol. The molecule has 0 amide bonds. The molecule has 1 unspecified atom stereocenters. The molecule has 0 aromatic heterocycles. The third-order valence-corrected chi connectivity index (χ3v) is 8.70. The fraction of sp³-hybridized carbons (Fsp3) is 0.850. The Morgan fingerprint density at radius 2 is 2.05 bits per heavy atom. The van der Waals surface area contributed by atoms with E-state index in [4.69, 9.17) is 0 Å². The Balaban J connectivity index is 1.56. The largest absolute Gasteiger partial charge is 0.385 e. The first-order chi connectivity index (χ1) is 10.5. The van der Waals surface area contributed by atoms with Gasteiger partial charge in [-0.3, -0.25) is 4.79 Å². The standard InChI is InChI=1S/C20H28O2/c1-11-7-12-8-16(21)17(22)9-15(12)14-4-6-19(2)5-3-13-10-20(13,19)18(11)14/h8,11,13-15,17-18,22H,3-7,9-10H2,1-2H3/t11-,13-,14-,15+,17?,18-,19+,20+/m1/s1. The van der Waals surface area contributed by atoms with Gasteiger partial charge in [-0.05, 0) is 91.4 Å². The van der Waals surface area contributed by atoms with Crippen molar-refractivity contribution >= 4 is 5.78 Å². The maximum absolute atomic E-state index is 11.9.